The Morgan fingerprint density at radius 3 is 2.61 bits per heavy atom. The molecule has 0 radical (unpaired) electrons. The molecule has 2 rings (SSSR count). The summed E-state index contributed by atoms with van der Waals surface area (Å²) in [6, 6.07) is -0.743. The summed E-state index contributed by atoms with van der Waals surface area (Å²) in [5, 5.41) is 13.0. The van der Waals surface area contributed by atoms with Crippen LogP contribution in [0.15, 0.2) is 27.0 Å². The zero-order valence-corrected chi connectivity index (χ0v) is 17.3. The first-order valence-corrected chi connectivity index (χ1v) is 9.50. The van der Waals surface area contributed by atoms with Gasteiger partial charge in [0.05, 0.1) is 38.0 Å². The van der Waals surface area contributed by atoms with Crippen LogP contribution in [-0.2, 0) is 23.8 Å². The quantitative estimate of drug-likeness (QED) is 0.198. The molecule has 168 valence electrons. The van der Waals surface area contributed by atoms with Crippen molar-refractivity contribution in [2.75, 3.05) is 19.8 Å². The van der Waals surface area contributed by atoms with E-state index < -0.39 is 53.9 Å². The number of carbonyl (C=O) groups excluding carboxylic acids is 2. The van der Waals surface area contributed by atoms with Crippen molar-refractivity contribution < 1.29 is 28.9 Å². The van der Waals surface area contributed by atoms with Crippen molar-refractivity contribution in [3.63, 3.8) is 0 Å². The summed E-state index contributed by atoms with van der Waals surface area (Å²) in [6.07, 6.45) is 0.141. The molecule has 1 aromatic heterocycles. The molecule has 1 aliphatic rings. The topological polar surface area (TPSA) is 175 Å². The highest BCUT2D eigenvalue weighted by atomic mass is 16.5. The van der Waals surface area contributed by atoms with E-state index in [0.29, 0.717) is 10.6 Å². The maximum atomic E-state index is 13.2. The molecule has 2 heterocycles. The number of rotatable bonds is 8. The molecule has 0 aliphatic carbocycles. The van der Waals surface area contributed by atoms with Gasteiger partial charge in [-0.25, -0.2) is 19.0 Å². The highest BCUT2D eigenvalue weighted by molar-refractivity contribution is 6.14. The van der Waals surface area contributed by atoms with Crippen molar-refractivity contribution in [2.24, 2.45) is 5.11 Å². The summed E-state index contributed by atoms with van der Waals surface area (Å²) in [6.45, 7) is 3.98. The number of aromatic nitrogens is 2. The third kappa shape index (κ3) is 5.20. The van der Waals surface area contributed by atoms with E-state index >= 15 is 0 Å². The number of nitrogens with zero attached hydrogens (tertiary/aromatic N) is 5. The SMILES string of the molecule is CCOC(=O)/C=C(/C(=O)OCC)n1c(=O)c(C)cn(C2CC(N=[N+]=[N-])C(CO)O2)c1=O. The Hall–Kier alpha value is -3.41. The molecule has 1 saturated heterocycles. The van der Waals surface area contributed by atoms with E-state index in [9.17, 15) is 24.3 Å². The van der Waals surface area contributed by atoms with Gasteiger partial charge in [0.25, 0.3) is 5.56 Å². The fourth-order valence-electron chi connectivity index (χ4n) is 3.07. The summed E-state index contributed by atoms with van der Waals surface area (Å²) < 4.78 is 16.8. The molecule has 0 spiro atoms. The molecule has 1 aliphatic heterocycles. The second-order valence-electron chi connectivity index (χ2n) is 6.46. The maximum Gasteiger partial charge on any atom is 0.355 e. The van der Waals surface area contributed by atoms with Crippen molar-refractivity contribution >= 4 is 17.6 Å². The fraction of sp³-hybridized carbons (Fsp3) is 0.556. The van der Waals surface area contributed by atoms with Crippen molar-refractivity contribution in [3.05, 3.63) is 49.1 Å². The molecular weight excluding hydrogens is 414 g/mol. The summed E-state index contributed by atoms with van der Waals surface area (Å²) in [7, 11) is 0. The number of aryl methyl sites for hydroxylation is 1. The molecule has 1 aromatic rings. The second kappa shape index (κ2) is 10.6. The number of aliphatic hydroxyl groups excluding tert-OH is 1. The van der Waals surface area contributed by atoms with Crippen LogP contribution >= 0.6 is 0 Å². The van der Waals surface area contributed by atoms with Crippen LogP contribution in [0.1, 0.15) is 32.1 Å². The smallest absolute Gasteiger partial charge is 0.355 e. The highest BCUT2D eigenvalue weighted by Crippen LogP contribution is 2.30. The van der Waals surface area contributed by atoms with E-state index in [0.717, 1.165) is 4.57 Å². The van der Waals surface area contributed by atoms with Gasteiger partial charge in [-0.15, -0.1) is 0 Å². The van der Waals surface area contributed by atoms with E-state index in [-0.39, 0.29) is 25.2 Å². The Labute approximate surface area is 176 Å². The summed E-state index contributed by atoms with van der Waals surface area (Å²) >= 11 is 0. The van der Waals surface area contributed by atoms with Crippen molar-refractivity contribution in [2.45, 2.75) is 45.6 Å². The zero-order chi connectivity index (χ0) is 23.1. The van der Waals surface area contributed by atoms with E-state index in [1.165, 1.54) is 20.0 Å². The summed E-state index contributed by atoms with van der Waals surface area (Å²) in [4.78, 5) is 53.0. The number of aliphatic hydroxyl groups is 1. The van der Waals surface area contributed by atoms with Gasteiger partial charge in [0.1, 0.15) is 11.9 Å². The van der Waals surface area contributed by atoms with Crippen molar-refractivity contribution in [1.82, 2.24) is 9.13 Å². The van der Waals surface area contributed by atoms with Crippen LogP contribution in [0.25, 0.3) is 16.1 Å². The Bertz CT molecular complexity index is 1040. The first kappa shape index (κ1) is 23.9. The van der Waals surface area contributed by atoms with Crippen LogP contribution in [0, 0.1) is 6.92 Å². The van der Waals surface area contributed by atoms with Gasteiger partial charge in [0.2, 0.25) is 0 Å². The van der Waals surface area contributed by atoms with Gasteiger partial charge in [-0.05, 0) is 26.3 Å². The molecular formula is C18H23N5O8. The lowest BCUT2D eigenvalue weighted by Gasteiger charge is -2.18. The Balaban J connectivity index is 2.65. The Morgan fingerprint density at radius 2 is 2.03 bits per heavy atom. The van der Waals surface area contributed by atoms with Gasteiger partial charge in [-0.3, -0.25) is 9.36 Å². The zero-order valence-electron chi connectivity index (χ0n) is 17.3. The van der Waals surface area contributed by atoms with Gasteiger partial charge in [-0.2, -0.15) is 0 Å². The summed E-state index contributed by atoms with van der Waals surface area (Å²) in [5.74, 6) is -2.01. The minimum atomic E-state index is -1.07. The number of esters is 2. The van der Waals surface area contributed by atoms with E-state index in [4.69, 9.17) is 19.7 Å². The minimum absolute atomic E-state index is 0.0116. The Kier molecular flexibility index (Phi) is 8.14. The molecule has 13 nitrogen and oxygen atoms in total. The minimum Gasteiger partial charge on any atom is -0.463 e. The van der Waals surface area contributed by atoms with Crippen LogP contribution in [0.5, 0.6) is 0 Å². The van der Waals surface area contributed by atoms with Gasteiger partial charge in [0, 0.05) is 23.1 Å². The van der Waals surface area contributed by atoms with Crippen LogP contribution in [0.4, 0.5) is 0 Å². The van der Waals surface area contributed by atoms with Gasteiger partial charge in [0.15, 0.2) is 0 Å². The van der Waals surface area contributed by atoms with Crippen LogP contribution in [0.2, 0.25) is 0 Å². The highest BCUT2D eigenvalue weighted by Gasteiger charge is 2.36. The van der Waals surface area contributed by atoms with E-state index in [2.05, 4.69) is 10.0 Å². The fourth-order valence-corrected chi connectivity index (χ4v) is 3.07. The molecule has 3 atom stereocenters. The lowest BCUT2D eigenvalue weighted by Crippen LogP contribution is -2.43. The number of hydrogen-bond acceptors (Lipinski definition) is 9. The number of azide groups is 1. The largest absolute Gasteiger partial charge is 0.463 e. The maximum absolute atomic E-state index is 13.2. The normalized spacial score (nSPS) is 20.8. The predicted octanol–water partition coefficient (Wildman–Crippen LogP) is 0.244. The van der Waals surface area contributed by atoms with E-state index in [1.807, 2.05) is 0 Å². The molecule has 31 heavy (non-hydrogen) atoms. The van der Waals surface area contributed by atoms with E-state index in [1.54, 1.807) is 6.92 Å². The second-order valence-corrected chi connectivity index (χ2v) is 6.46. The number of hydrogen-bond donors (Lipinski definition) is 1. The molecule has 0 saturated carbocycles. The third-order valence-corrected chi connectivity index (χ3v) is 4.45. The van der Waals surface area contributed by atoms with Crippen molar-refractivity contribution in [3.8, 4) is 0 Å². The molecule has 0 aromatic carbocycles. The lowest BCUT2D eigenvalue weighted by atomic mass is 10.1. The molecule has 13 heteroatoms. The van der Waals surface area contributed by atoms with Crippen molar-refractivity contribution in [1.29, 1.82) is 0 Å². The predicted molar refractivity (Wildman–Crippen MR) is 106 cm³/mol. The monoisotopic (exact) mass is 437 g/mol. The van der Waals surface area contributed by atoms with Gasteiger partial charge >= 0.3 is 17.6 Å². The first-order chi connectivity index (χ1) is 14.8. The number of carbonyl (C=O) groups is 2. The molecule has 3 unspecified atom stereocenters. The van der Waals surface area contributed by atoms with Crippen LogP contribution < -0.4 is 11.2 Å². The molecule has 1 N–H and O–H groups in total. The van der Waals surface area contributed by atoms with Gasteiger partial charge in [-0.1, -0.05) is 5.11 Å². The standard InChI is InChI=1S/C18H23N5O8/c1-4-29-15(25)7-12(17(27)30-5-2)23-16(26)10(3)8-22(18(23)28)14-6-11(20-21-19)13(9-24)31-14/h7-8,11,13-14,24H,4-6,9H2,1-3H3/b12-7-. The average Bonchev–Trinajstić information content (AvgIpc) is 3.13. The van der Waals surface area contributed by atoms with Crippen LogP contribution in [0.3, 0.4) is 0 Å². The summed E-state index contributed by atoms with van der Waals surface area (Å²) in [5.41, 5.74) is 6.32. The Morgan fingerprint density at radius 1 is 1.35 bits per heavy atom. The van der Waals surface area contributed by atoms with Gasteiger partial charge < -0.3 is 19.3 Å². The first-order valence-electron chi connectivity index (χ1n) is 9.50. The lowest BCUT2D eigenvalue weighted by molar-refractivity contribution is -0.139. The molecule has 0 bridgehead atoms. The molecule has 0 amide bonds. The number of ether oxygens (including phenoxy) is 3. The molecule has 1 fully saturated rings. The van der Waals surface area contributed by atoms with Crippen LogP contribution in [-0.4, -0.2) is 58.1 Å². The third-order valence-electron chi connectivity index (χ3n) is 4.45. The average molecular weight is 437 g/mol.